The van der Waals surface area contributed by atoms with Crippen molar-refractivity contribution in [1.29, 1.82) is 0 Å². The van der Waals surface area contributed by atoms with Crippen molar-refractivity contribution in [3.05, 3.63) is 28.7 Å². The van der Waals surface area contributed by atoms with E-state index in [0.29, 0.717) is 11.7 Å². The van der Waals surface area contributed by atoms with Gasteiger partial charge in [-0.05, 0) is 36.5 Å². The first-order valence-corrected chi connectivity index (χ1v) is 5.53. The van der Waals surface area contributed by atoms with Crippen LogP contribution in [0.1, 0.15) is 0 Å². The molecule has 4 N–H and O–H groups in total. The minimum absolute atomic E-state index is 0.0291. The summed E-state index contributed by atoms with van der Waals surface area (Å²) in [5, 5.41) is 13.3. The Morgan fingerprint density at radius 2 is 2.07 bits per heavy atom. The van der Waals surface area contributed by atoms with Crippen LogP contribution in [-0.4, -0.2) is 28.4 Å². The number of rotatable bonds is 3. The lowest BCUT2D eigenvalue weighted by Crippen LogP contribution is -2.42. The number of nitrogens with one attached hydrogen (secondary N) is 1. The van der Waals surface area contributed by atoms with Gasteiger partial charge in [0.25, 0.3) is 0 Å². The maximum absolute atomic E-state index is 8.67. The van der Waals surface area contributed by atoms with Crippen LogP contribution in [0.15, 0.2) is 28.7 Å². The minimum atomic E-state index is -0.0291. The maximum Gasteiger partial charge on any atom is 0.187 e. The molecular weight excluding hydrogens is 278 g/mol. The van der Waals surface area contributed by atoms with Gasteiger partial charge in [0.05, 0.1) is 13.2 Å². The standard InChI is InChI=1S/C9H12BrN3OS/c10-7-1-3-8(4-2-7)12-9(15)13(11)5-6-14/h1-4,14H,5-6,11H2,(H,12,15). The van der Waals surface area contributed by atoms with Crippen LogP contribution in [0.4, 0.5) is 5.69 Å². The van der Waals surface area contributed by atoms with Gasteiger partial charge in [0.2, 0.25) is 0 Å². The quantitative estimate of drug-likeness (QED) is 0.445. The van der Waals surface area contributed by atoms with Crippen molar-refractivity contribution in [2.24, 2.45) is 5.84 Å². The number of anilines is 1. The van der Waals surface area contributed by atoms with Gasteiger partial charge in [-0.1, -0.05) is 15.9 Å². The summed E-state index contributed by atoms with van der Waals surface area (Å²) in [5.41, 5.74) is 0.858. The first-order chi connectivity index (χ1) is 7.13. The molecule has 0 saturated carbocycles. The number of halogens is 1. The second-order valence-electron chi connectivity index (χ2n) is 2.85. The lowest BCUT2D eigenvalue weighted by Gasteiger charge is -2.19. The Bertz CT molecular complexity index is 331. The Balaban J connectivity index is 2.54. The van der Waals surface area contributed by atoms with Gasteiger partial charge in [-0.3, -0.25) is 5.01 Å². The number of nitrogens with zero attached hydrogens (tertiary/aromatic N) is 1. The van der Waals surface area contributed by atoms with E-state index >= 15 is 0 Å². The normalized spacial score (nSPS) is 9.80. The SMILES string of the molecule is NN(CCO)C(=S)Nc1ccc(Br)cc1. The molecule has 1 aromatic rings. The minimum Gasteiger partial charge on any atom is -0.394 e. The number of hydrogen-bond acceptors (Lipinski definition) is 3. The highest BCUT2D eigenvalue weighted by atomic mass is 79.9. The summed E-state index contributed by atoms with van der Waals surface area (Å²) in [6.45, 7) is 0.279. The summed E-state index contributed by atoms with van der Waals surface area (Å²) in [4.78, 5) is 0. The van der Waals surface area contributed by atoms with Crippen LogP contribution in [0, 0.1) is 0 Å². The molecule has 0 aliphatic carbocycles. The van der Waals surface area contributed by atoms with Crippen molar-refractivity contribution < 1.29 is 5.11 Å². The topological polar surface area (TPSA) is 61.5 Å². The fourth-order valence-electron chi connectivity index (χ4n) is 0.938. The molecule has 0 bridgehead atoms. The molecule has 0 atom stereocenters. The van der Waals surface area contributed by atoms with Crippen LogP contribution < -0.4 is 11.2 Å². The van der Waals surface area contributed by atoms with Crippen LogP contribution in [0.5, 0.6) is 0 Å². The van der Waals surface area contributed by atoms with Gasteiger partial charge in [0.15, 0.2) is 5.11 Å². The van der Waals surface area contributed by atoms with Crippen LogP contribution in [-0.2, 0) is 0 Å². The molecule has 0 unspecified atom stereocenters. The second kappa shape index (κ2) is 6.02. The fraction of sp³-hybridized carbons (Fsp3) is 0.222. The van der Waals surface area contributed by atoms with E-state index in [1.165, 1.54) is 5.01 Å². The number of aliphatic hydroxyl groups excluding tert-OH is 1. The van der Waals surface area contributed by atoms with Crippen molar-refractivity contribution in [3.8, 4) is 0 Å². The van der Waals surface area contributed by atoms with Gasteiger partial charge in [0, 0.05) is 10.2 Å². The Kier molecular flexibility index (Phi) is 4.97. The average molecular weight is 290 g/mol. The molecule has 4 nitrogen and oxygen atoms in total. The van der Waals surface area contributed by atoms with Crippen LogP contribution in [0.25, 0.3) is 0 Å². The summed E-state index contributed by atoms with van der Waals surface area (Å²) in [6, 6.07) is 7.56. The maximum atomic E-state index is 8.67. The molecule has 1 aromatic carbocycles. The summed E-state index contributed by atoms with van der Waals surface area (Å²) in [5.74, 6) is 5.57. The zero-order valence-corrected chi connectivity index (χ0v) is 10.4. The second-order valence-corrected chi connectivity index (χ2v) is 4.16. The molecule has 0 amide bonds. The highest BCUT2D eigenvalue weighted by Gasteiger charge is 2.03. The van der Waals surface area contributed by atoms with E-state index in [9.17, 15) is 0 Å². The molecule has 6 heteroatoms. The fourth-order valence-corrected chi connectivity index (χ4v) is 1.41. The van der Waals surface area contributed by atoms with Gasteiger partial charge in [-0.2, -0.15) is 0 Å². The Hall–Kier alpha value is -0.690. The number of aliphatic hydroxyl groups is 1. The van der Waals surface area contributed by atoms with E-state index in [0.717, 1.165) is 10.2 Å². The van der Waals surface area contributed by atoms with Crippen molar-refractivity contribution in [1.82, 2.24) is 5.01 Å². The van der Waals surface area contributed by atoms with Crippen molar-refractivity contribution >= 4 is 38.9 Å². The summed E-state index contributed by atoms with van der Waals surface area (Å²) < 4.78 is 0.999. The first kappa shape index (κ1) is 12.4. The van der Waals surface area contributed by atoms with E-state index in [1.54, 1.807) is 0 Å². The van der Waals surface area contributed by atoms with Gasteiger partial charge in [-0.25, -0.2) is 5.84 Å². The number of hydrogen-bond donors (Lipinski definition) is 3. The average Bonchev–Trinajstić information content (AvgIpc) is 2.22. The van der Waals surface area contributed by atoms with E-state index < -0.39 is 0 Å². The molecule has 0 heterocycles. The van der Waals surface area contributed by atoms with Crippen LogP contribution in [0.3, 0.4) is 0 Å². The van der Waals surface area contributed by atoms with Crippen molar-refractivity contribution in [2.75, 3.05) is 18.5 Å². The lowest BCUT2D eigenvalue weighted by atomic mass is 10.3. The lowest BCUT2D eigenvalue weighted by molar-refractivity contribution is 0.253. The molecule has 0 spiro atoms. The smallest absolute Gasteiger partial charge is 0.187 e. The molecule has 1 rings (SSSR count). The summed E-state index contributed by atoms with van der Waals surface area (Å²) in [7, 11) is 0. The molecule has 0 saturated heterocycles. The molecular formula is C9H12BrN3OS. The first-order valence-electron chi connectivity index (χ1n) is 4.33. The third-order valence-electron chi connectivity index (χ3n) is 1.70. The van der Waals surface area contributed by atoms with E-state index in [1.807, 2.05) is 24.3 Å². The Morgan fingerprint density at radius 1 is 1.47 bits per heavy atom. The van der Waals surface area contributed by atoms with Crippen molar-refractivity contribution in [3.63, 3.8) is 0 Å². The van der Waals surface area contributed by atoms with Crippen molar-refractivity contribution in [2.45, 2.75) is 0 Å². The highest BCUT2D eigenvalue weighted by molar-refractivity contribution is 9.10. The Labute approximate surface area is 102 Å². The number of thiocarbonyl (C=S) groups is 1. The molecule has 0 aliphatic rings. The molecule has 0 fully saturated rings. The third-order valence-corrected chi connectivity index (χ3v) is 2.56. The van der Waals surface area contributed by atoms with Gasteiger partial charge in [0.1, 0.15) is 0 Å². The predicted octanol–water partition coefficient (Wildman–Crippen LogP) is 1.31. The number of hydrazine groups is 1. The largest absolute Gasteiger partial charge is 0.394 e. The number of nitrogens with two attached hydrogens (primary N) is 1. The molecule has 0 radical (unpaired) electrons. The van der Waals surface area contributed by atoms with E-state index in [2.05, 4.69) is 21.2 Å². The van der Waals surface area contributed by atoms with E-state index in [-0.39, 0.29) is 6.61 Å². The summed E-state index contributed by atoms with van der Waals surface area (Å²) >= 11 is 8.36. The highest BCUT2D eigenvalue weighted by Crippen LogP contribution is 2.14. The molecule has 82 valence electrons. The van der Waals surface area contributed by atoms with Gasteiger partial charge in [-0.15, -0.1) is 0 Å². The van der Waals surface area contributed by atoms with Crippen LogP contribution in [0.2, 0.25) is 0 Å². The van der Waals surface area contributed by atoms with Crippen LogP contribution >= 0.6 is 28.1 Å². The number of benzene rings is 1. The molecule has 0 aromatic heterocycles. The van der Waals surface area contributed by atoms with Gasteiger partial charge < -0.3 is 10.4 Å². The zero-order valence-electron chi connectivity index (χ0n) is 7.98. The monoisotopic (exact) mass is 289 g/mol. The molecule has 0 aliphatic heterocycles. The summed E-state index contributed by atoms with van der Waals surface area (Å²) in [6.07, 6.45) is 0. The van der Waals surface area contributed by atoms with Gasteiger partial charge >= 0.3 is 0 Å². The predicted molar refractivity (Wildman–Crippen MR) is 68.3 cm³/mol. The van der Waals surface area contributed by atoms with E-state index in [4.69, 9.17) is 23.2 Å². The molecule has 15 heavy (non-hydrogen) atoms. The Morgan fingerprint density at radius 3 is 2.60 bits per heavy atom. The third kappa shape index (κ3) is 4.13. The zero-order chi connectivity index (χ0) is 11.3.